The molecule has 0 saturated heterocycles. The number of rotatable bonds is 11. The van der Waals surface area contributed by atoms with Crippen molar-refractivity contribution in [3.8, 4) is 16.9 Å². The molecule has 0 saturated carbocycles. The van der Waals surface area contributed by atoms with Crippen molar-refractivity contribution in [2.75, 3.05) is 6.61 Å². The van der Waals surface area contributed by atoms with Crippen molar-refractivity contribution in [3.05, 3.63) is 100 Å². The molecule has 0 amide bonds. The van der Waals surface area contributed by atoms with Crippen LogP contribution in [0.2, 0.25) is 5.02 Å². The van der Waals surface area contributed by atoms with E-state index in [1.807, 2.05) is 42.5 Å². The van der Waals surface area contributed by atoms with Crippen LogP contribution in [0.3, 0.4) is 0 Å². The minimum atomic E-state index is -0.805. The SMILES string of the molecule is CCCCCCCOc1ccc(-c2ccc3c(F)c(CCc4cc(F)c(Cl)c(F)c4)ccc3c2)cc1. The van der Waals surface area contributed by atoms with Crippen LogP contribution in [0.25, 0.3) is 21.9 Å². The van der Waals surface area contributed by atoms with Crippen molar-refractivity contribution in [1.82, 2.24) is 0 Å². The summed E-state index contributed by atoms with van der Waals surface area (Å²) in [5.41, 5.74) is 2.96. The minimum Gasteiger partial charge on any atom is -0.494 e. The lowest BCUT2D eigenvalue weighted by Gasteiger charge is -2.10. The van der Waals surface area contributed by atoms with Crippen LogP contribution < -0.4 is 4.74 Å². The normalized spacial score (nSPS) is 11.2. The average molecular weight is 511 g/mol. The number of halogens is 4. The van der Waals surface area contributed by atoms with Crippen molar-refractivity contribution in [1.29, 1.82) is 0 Å². The Balaban J connectivity index is 1.41. The molecular formula is C31H30ClF3O. The molecule has 5 heteroatoms. The lowest BCUT2D eigenvalue weighted by atomic mass is 9.97. The molecule has 4 aromatic rings. The molecule has 0 bridgehead atoms. The molecule has 0 N–H and O–H groups in total. The molecule has 36 heavy (non-hydrogen) atoms. The third-order valence-corrected chi connectivity index (χ3v) is 6.83. The molecule has 0 radical (unpaired) electrons. The van der Waals surface area contributed by atoms with E-state index in [1.165, 1.54) is 37.8 Å². The summed E-state index contributed by atoms with van der Waals surface area (Å²) in [6.45, 7) is 2.93. The Kier molecular flexibility index (Phi) is 8.93. The van der Waals surface area contributed by atoms with Gasteiger partial charge in [-0.1, -0.05) is 80.6 Å². The first-order chi connectivity index (χ1) is 17.5. The lowest BCUT2D eigenvalue weighted by molar-refractivity contribution is 0.304. The van der Waals surface area contributed by atoms with Crippen molar-refractivity contribution in [3.63, 3.8) is 0 Å². The molecule has 1 nitrogen and oxygen atoms in total. The van der Waals surface area contributed by atoms with Crippen LogP contribution in [-0.2, 0) is 12.8 Å². The van der Waals surface area contributed by atoms with Crippen LogP contribution in [0.15, 0.2) is 66.7 Å². The van der Waals surface area contributed by atoms with E-state index < -0.39 is 16.7 Å². The van der Waals surface area contributed by atoms with Gasteiger partial charge in [-0.15, -0.1) is 0 Å². The van der Waals surface area contributed by atoms with Crippen LogP contribution in [0, 0.1) is 17.5 Å². The highest BCUT2D eigenvalue weighted by atomic mass is 35.5. The molecule has 0 aliphatic rings. The number of benzene rings is 4. The van der Waals surface area contributed by atoms with Gasteiger partial charge in [0, 0.05) is 5.39 Å². The van der Waals surface area contributed by atoms with Crippen LogP contribution in [0.4, 0.5) is 13.2 Å². The molecule has 0 spiro atoms. The summed E-state index contributed by atoms with van der Waals surface area (Å²) in [6, 6.07) is 19.6. The van der Waals surface area contributed by atoms with E-state index in [0.29, 0.717) is 29.4 Å². The van der Waals surface area contributed by atoms with Crippen molar-refractivity contribution >= 4 is 22.4 Å². The fraction of sp³-hybridized carbons (Fsp3) is 0.290. The number of hydrogen-bond acceptors (Lipinski definition) is 1. The smallest absolute Gasteiger partial charge is 0.145 e. The van der Waals surface area contributed by atoms with E-state index >= 15 is 4.39 Å². The summed E-state index contributed by atoms with van der Waals surface area (Å²) in [4.78, 5) is 0. The van der Waals surface area contributed by atoms with Crippen LogP contribution in [0.5, 0.6) is 5.75 Å². The second-order valence-corrected chi connectivity index (χ2v) is 9.51. The molecule has 0 fully saturated rings. The third-order valence-electron chi connectivity index (χ3n) is 6.46. The van der Waals surface area contributed by atoms with Crippen molar-refractivity contribution in [2.24, 2.45) is 0 Å². The molecule has 188 valence electrons. The zero-order valence-electron chi connectivity index (χ0n) is 20.4. The van der Waals surface area contributed by atoms with Gasteiger partial charge in [0.1, 0.15) is 28.2 Å². The number of ether oxygens (including phenoxy) is 1. The minimum absolute atomic E-state index is 0.304. The predicted octanol–water partition coefficient (Wildman–Crippen LogP) is 9.71. The first-order valence-corrected chi connectivity index (χ1v) is 12.9. The maximum Gasteiger partial charge on any atom is 0.145 e. The third kappa shape index (κ3) is 6.41. The lowest BCUT2D eigenvalue weighted by Crippen LogP contribution is -1.98. The summed E-state index contributed by atoms with van der Waals surface area (Å²) in [7, 11) is 0. The van der Waals surface area contributed by atoms with E-state index in [4.69, 9.17) is 16.3 Å². The average Bonchev–Trinajstić information content (AvgIpc) is 2.89. The van der Waals surface area contributed by atoms with E-state index in [1.54, 1.807) is 12.1 Å². The molecule has 4 aromatic carbocycles. The zero-order chi connectivity index (χ0) is 25.5. The van der Waals surface area contributed by atoms with Crippen LogP contribution >= 0.6 is 11.6 Å². The standard InChI is InChI=1S/C31H30ClF3O/c1-2-3-4-5-6-17-36-26-14-11-22(12-15-26)24-13-16-27-25(20-24)10-9-23(31(27)35)8-7-21-18-28(33)30(32)29(34)19-21/h9-16,18-20H,2-8,17H2,1H3. The molecule has 0 aromatic heterocycles. The molecular weight excluding hydrogens is 481 g/mol. The van der Waals surface area contributed by atoms with Gasteiger partial charge in [0.05, 0.1) is 6.61 Å². The number of unbranched alkanes of at least 4 members (excludes halogenated alkanes) is 4. The van der Waals surface area contributed by atoms with Crippen molar-refractivity contribution in [2.45, 2.75) is 51.9 Å². The summed E-state index contributed by atoms with van der Waals surface area (Å²) in [5, 5.41) is 0.795. The molecule has 0 aliphatic heterocycles. The largest absolute Gasteiger partial charge is 0.494 e. The Hall–Kier alpha value is -2.98. The Labute approximate surface area is 215 Å². The molecule has 0 heterocycles. The predicted molar refractivity (Wildman–Crippen MR) is 142 cm³/mol. The van der Waals surface area contributed by atoms with Crippen LogP contribution in [-0.4, -0.2) is 6.61 Å². The van der Waals surface area contributed by atoms with Gasteiger partial charge in [-0.25, -0.2) is 13.2 Å². The fourth-order valence-corrected chi connectivity index (χ4v) is 4.49. The monoisotopic (exact) mass is 510 g/mol. The van der Waals surface area contributed by atoms with Gasteiger partial charge in [0.2, 0.25) is 0 Å². The van der Waals surface area contributed by atoms with Gasteiger partial charge in [-0.2, -0.15) is 0 Å². The maximum absolute atomic E-state index is 15.2. The topological polar surface area (TPSA) is 9.23 Å². The molecule has 0 aliphatic carbocycles. The van der Waals surface area contributed by atoms with Crippen molar-refractivity contribution < 1.29 is 17.9 Å². The van der Waals surface area contributed by atoms with Gasteiger partial charge < -0.3 is 4.74 Å². The van der Waals surface area contributed by atoms with E-state index in [-0.39, 0.29) is 5.82 Å². The van der Waals surface area contributed by atoms with Gasteiger partial charge in [0.15, 0.2) is 0 Å². The van der Waals surface area contributed by atoms with Gasteiger partial charge in [-0.05, 0) is 77.2 Å². The summed E-state index contributed by atoms with van der Waals surface area (Å²) >= 11 is 5.55. The van der Waals surface area contributed by atoms with Crippen LogP contribution in [0.1, 0.15) is 50.2 Å². The highest BCUT2D eigenvalue weighted by Crippen LogP contribution is 2.29. The Morgan fingerprint density at radius 3 is 2.14 bits per heavy atom. The molecule has 4 rings (SSSR count). The van der Waals surface area contributed by atoms with E-state index in [0.717, 1.165) is 35.3 Å². The summed E-state index contributed by atoms with van der Waals surface area (Å²) in [5.74, 6) is -1.07. The van der Waals surface area contributed by atoms with E-state index in [9.17, 15) is 8.78 Å². The summed E-state index contributed by atoms with van der Waals surface area (Å²) in [6.07, 6.45) is 6.65. The summed E-state index contributed by atoms with van der Waals surface area (Å²) < 4.78 is 48.5. The zero-order valence-corrected chi connectivity index (χ0v) is 21.2. The first kappa shape index (κ1) is 26.1. The number of aryl methyl sites for hydroxylation is 2. The highest BCUT2D eigenvalue weighted by molar-refractivity contribution is 6.30. The Morgan fingerprint density at radius 2 is 1.42 bits per heavy atom. The Bertz CT molecular complexity index is 1290. The van der Waals surface area contributed by atoms with Gasteiger partial charge in [-0.3, -0.25) is 0 Å². The second kappa shape index (κ2) is 12.3. The molecule has 0 unspecified atom stereocenters. The number of fused-ring (bicyclic) bond motifs is 1. The highest BCUT2D eigenvalue weighted by Gasteiger charge is 2.12. The van der Waals surface area contributed by atoms with Gasteiger partial charge >= 0.3 is 0 Å². The molecule has 0 atom stereocenters. The fourth-order valence-electron chi connectivity index (χ4n) is 4.38. The van der Waals surface area contributed by atoms with Gasteiger partial charge in [0.25, 0.3) is 0 Å². The van der Waals surface area contributed by atoms with E-state index in [2.05, 4.69) is 6.92 Å². The maximum atomic E-state index is 15.2. The first-order valence-electron chi connectivity index (χ1n) is 12.5. The second-order valence-electron chi connectivity index (χ2n) is 9.14. The number of hydrogen-bond donors (Lipinski definition) is 0. The Morgan fingerprint density at radius 1 is 0.722 bits per heavy atom. The quantitative estimate of drug-likeness (QED) is 0.144.